The van der Waals surface area contributed by atoms with Gasteiger partial charge < -0.3 is 5.32 Å². The van der Waals surface area contributed by atoms with Crippen LogP contribution >= 0.6 is 11.6 Å². The van der Waals surface area contributed by atoms with Crippen molar-refractivity contribution in [2.24, 2.45) is 22.7 Å². The second-order valence-electron chi connectivity index (χ2n) is 10.9. The topological polar surface area (TPSA) is 92.3 Å². The van der Waals surface area contributed by atoms with Crippen LogP contribution in [-0.2, 0) is 19.6 Å². The van der Waals surface area contributed by atoms with Gasteiger partial charge in [0.05, 0.1) is 16.0 Å². The SMILES string of the molecule is CNC(=O)C12CC3CC(CC(CC(=O)C4(NS(=O)(=O)c5ccccc5Cl)CCC4)(C3)C1)C2. The van der Waals surface area contributed by atoms with Crippen LogP contribution in [0.3, 0.4) is 0 Å². The molecular formula is C24H31ClN2O4S. The molecule has 4 bridgehead atoms. The van der Waals surface area contributed by atoms with Gasteiger partial charge in [0.25, 0.3) is 0 Å². The van der Waals surface area contributed by atoms with Gasteiger partial charge in [-0.25, -0.2) is 8.42 Å². The highest BCUT2D eigenvalue weighted by molar-refractivity contribution is 7.89. The molecule has 5 saturated carbocycles. The Morgan fingerprint density at radius 1 is 1.09 bits per heavy atom. The van der Waals surface area contributed by atoms with Crippen LogP contribution in [0.1, 0.15) is 64.2 Å². The lowest BCUT2D eigenvalue weighted by Gasteiger charge is -2.61. The first-order valence-electron chi connectivity index (χ1n) is 11.7. The molecule has 6 rings (SSSR count). The lowest BCUT2D eigenvalue weighted by atomic mass is 9.42. The van der Waals surface area contributed by atoms with Gasteiger partial charge in [-0.15, -0.1) is 0 Å². The Hall–Kier alpha value is -1.44. The molecule has 5 aliphatic rings. The number of ketones is 1. The smallest absolute Gasteiger partial charge is 0.242 e. The molecule has 5 aliphatic carbocycles. The monoisotopic (exact) mass is 478 g/mol. The maximum absolute atomic E-state index is 13.7. The summed E-state index contributed by atoms with van der Waals surface area (Å²) in [6, 6.07) is 6.32. The lowest BCUT2D eigenvalue weighted by molar-refractivity contribution is -0.162. The van der Waals surface area contributed by atoms with Crippen LogP contribution in [0.2, 0.25) is 5.02 Å². The van der Waals surface area contributed by atoms with E-state index in [-0.39, 0.29) is 32.4 Å². The van der Waals surface area contributed by atoms with Gasteiger partial charge in [0.2, 0.25) is 15.9 Å². The molecule has 0 aliphatic heterocycles. The van der Waals surface area contributed by atoms with E-state index >= 15 is 0 Å². The van der Waals surface area contributed by atoms with E-state index in [9.17, 15) is 18.0 Å². The molecule has 0 aromatic heterocycles. The van der Waals surface area contributed by atoms with Crippen molar-refractivity contribution in [1.29, 1.82) is 0 Å². The molecule has 2 atom stereocenters. The summed E-state index contributed by atoms with van der Waals surface area (Å²) >= 11 is 6.14. The average molecular weight is 479 g/mol. The van der Waals surface area contributed by atoms with Gasteiger partial charge in [0.15, 0.2) is 5.78 Å². The third-order valence-corrected chi connectivity index (χ3v) is 10.7. The number of hydrogen-bond acceptors (Lipinski definition) is 4. The number of Topliss-reactive ketones (excluding diaryl/α,β-unsaturated/α-hetero) is 1. The minimum Gasteiger partial charge on any atom is -0.359 e. The Kier molecular flexibility index (Phi) is 5.27. The van der Waals surface area contributed by atoms with Crippen molar-refractivity contribution in [3.05, 3.63) is 29.3 Å². The van der Waals surface area contributed by atoms with Gasteiger partial charge in [-0.3, -0.25) is 9.59 Å². The molecule has 2 N–H and O–H groups in total. The molecule has 6 nitrogen and oxygen atoms in total. The fourth-order valence-corrected chi connectivity index (χ4v) is 9.61. The van der Waals surface area contributed by atoms with Crippen LogP contribution < -0.4 is 10.0 Å². The molecule has 8 heteroatoms. The van der Waals surface area contributed by atoms with Gasteiger partial charge in [-0.1, -0.05) is 23.7 Å². The summed E-state index contributed by atoms with van der Waals surface area (Å²) in [6.07, 6.45) is 7.87. The van der Waals surface area contributed by atoms with Crippen molar-refractivity contribution < 1.29 is 18.0 Å². The Bertz CT molecular complexity index is 1050. The van der Waals surface area contributed by atoms with Crippen LogP contribution in [0.4, 0.5) is 0 Å². The Balaban J connectivity index is 1.39. The van der Waals surface area contributed by atoms with E-state index in [1.54, 1.807) is 25.2 Å². The number of nitrogens with one attached hydrogen (secondary N) is 2. The zero-order valence-electron chi connectivity index (χ0n) is 18.5. The molecular weight excluding hydrogens is 448 g/mol. The highest BCUT2D eigenvalue weighted by atomic mass is 35.5. The van der Waals surface area contributed by atoms with Crippen molar-refractivity contribution in [3.63, 3.8) is 0 Å². The summed E-state index contributed by atoms with van der Waals surface area (Å²) in [4.78, 5) is 26.6. The fraction of sp³-hybridized carbons (Fsp3) is 0.667. The third kappa shape index (κ3) is 3.51. The largest absolute Gasteiger partial charge is 0.359 e. The van der Waals surface area contributed by atoms with Crippen LogP contribution in [0.25, 0.3) is 0 Å². The molecule has 32 heavy (non-hydrogen) atoms. The highest BCUT2D eigenvalue weighted by Crippen LogP contribution is 2.66. The van der Waals surface area contributed by atoms with E-state index in [0.717, 1.165) is 44.9 Å². The summed E-state index contributed by atoms with van der Waals surface area (Å²) in [5.41, 5.74) is -1.60. The maximum atomic E-state index is 13.7. The van der Waals surface area contributed by atoms with Crippen molar-refractivity contribution in [1.82, 2.24) is 10.0 Å². The molecule has 0 radical (unpaired) electrons. The number of hydrogen-bond donors (Lipinski definition) is 2. The number of sulfonamides is 1. The number of carbonyl (C=O) groups excluding carboxylic acids is 2. The van der Waals surface area contributed by atoms with Gasteiger partial charge in [-0.05, 0) is 87.2 Å². The van der Waals surface area contributed by atoms with Crippen molar-refractivity contribution in [2.45, 2.75) is 74.6 Å². The third-order valence-electron chi connectivity index (χ3n) is 8.62. The first-order valence-corrected chi connectivity index (χ1v) is 13.5. The quantitative estimate of drug-likeness (QED) is 0.622. The van der Waals surface area contributed by atoms with Crippen LogP contribution in [0, 0.1) is 22.7 Å². The van der Waals surface area contributed by atoms with E-state index in [0.29, 0.717) is 31.1 Å². The van der Waals surface area contributed by atoms with Gasteiger partial charge >= 0.3 is 0 Å². The Morgan fingerprint density at radius 2 is 1.75 bits per heavy atom. The van der Waals surface area contributed by atoms with E-state index in [4.69, 9.17) is 11.6 Å². The standard InChI is InChI=1S/C24H31ClN2O4S/c1-26-21(29)23-12-16-9-17(13-23)11-22(10-16,15-23)14-20(28)24(7-4-8-24)27-32(30,31)19-6-3-2-5-18(19)25/h2-3,5-6,16-17,27H,4,7-15H2,1H3,(H,26,29). The number of benzene rings is 1. The van der Waals surface area contributed by atoms with Crippen molar-refractivity contribution in [2.75, 3.05) is 7.05 Å². The van der Waals surface area contributed by atoms with Crippen LogP contribution in [-0.4, -0.2) is 32.7 Å². The molecule has 0 spiro atoms. The predicted molar refractivity (Wildman–Crippen MR) is 122 cm³/mol. The first kappa shape index (κ1) is 22.4. The predicted octanol–water partition coefficient (Wildman–Crippen LogP) is 3.83. The van der Waals surface area contributed by atoms with E-state index in [2.05, 4.69) is 10.0 Å². The molecule has 0 saturated heterocycles. The molecule has 0 heterocycles. The first-order chi connectivity index (χ1) is 15.1. The number of rotatable bonds is 7. The molecule has 5 fully saturated rings. The molecule has 2 unspecified atom stereocenters. The maximum Gasteiger partial charge on any atom is 0.242 e. The minimum absolute atomic E-state index is 0.00844. The van der Waals surface area contributed by atoms with Gasteiger partial charge in [0.1, 0.15) is 4.90 Å². The van der Waals surface area contributed by atoms with Gasteiger partial charge in [-0.2, -0.15) is 4.72 Å². The second-order valence-corrected chi connectivity index (χ2v) is 13.0. The van der Waals surface area contributed by atoms with E-state index in [1.807, 2.05) is 0 Å². The molecule has 174 valence electrons. The van der Waals surface area contributed by atoms with Crippen molar-refractivity contribution >= 4 is 33.3 Å². The highest BCUT2D eigenvalue weighted by Gasteiger charge is 2.61. The fourth-order valence-electron chi connectivity index (χ4n) is 7.64. The lowest BCUT2D eigenvalue weighted by Crippen LogP contribution is -2.62. The summed E-state index contributed by atoms with van der Waals surface area (Å²) in [7, 11) is -2.22. The van der Waals surface area contributed by atoms with E-state index in [1.165, 1.54) is 6.07 Å². The summed E-state index contributed by atoms with van der Waals surface area (Å²) in [6.45, 7) is 0. The van der Waals surface area contributed by atoms with Crippen LogP contribution in [0.15, 0.2) is 29.2 Å². The van der Waals surface area contributed by atoms with Crippen molar-refractivity contribution in [3.8, 4) is 0 Å². The zero-order valence-corrected chi connectivity index (χ0v) is 20.0. The summed E-state index contributed by atoms with van der Waals surface area (Å²) in [5.74, 6) is 1.06. The molecule has 1 amide bonds. The number of carbonyl (C=O) groups is 2. The minimum atomic E-state index is -3.92. The molecule has 1 aromatic rings. The van der Waals surface area contributed by atoms with Gasteiger partial charge in [0, 0.05) is 13.5 Å². The van der Waals surface area contributed by atoms with Crippen LogP contribution in [0.5, 0.6) is 0 Å². The second kappa shape index (κ2) is 7.54. The Labute approximate surface area is 194 Å². The number of amides is 1. The van der Waals surface area contributed by atoms with E-state index < -0.39 is 15.6 Å². The summed E-state index contributed by atoms with van der Waals surface area (Å²) < 4.78 is 29.0. The molecule has 1 aromatic carbocycles. The Morgan fingerprint density at radius 3 is 2.31 bits per heavy atom. The normalized spacial score (nSPS) is 34.7. The average Bonchev–Trinajstić information content (AvgIpc) is 2.68. The summed E-state index contributed by atoms with van der Waals surface area (Å²) in [5, 5.41) is 3.02. The number of halogens is 1. The zero-order chi connectivity index (χ0) is 22.8.